The summed E-state index contributed by atoms with van der Waals surface area (Å²) < 4.78 is 38.7. The maximum absolute atomic E-state index is 12.9. The van der Waals surface area contributed by atoms with Crippen LogP contribution in [0.3, 0.4) is 0 Å². The van der Waals surface area contributed by atoms with Crippen LogP contribution in [0.15, 0.2) is 51.9 Å². The number of anilines is 2. The van der Waals surface area contributed by atoms with Crippen LogP contribution in [0.5, 0.6) is 5.75 Å². The van der Waals surface area contributed by atoms with Crippen LogP contribution in [0.4, 0.5) is 11.4 Å². The molecule has 11 heteroatoms. The van der Waals surface area contributed by atoms with Crippen molar-refractivity contribution >= 4 is 33.1 Å². The first-order chi connectivity index (χ1) is 14.7. The van der Waals surface area contributed by atoms with Crippen molar-refractivity contribution in [2.75, 3.05) is 16.2 Å². The second-order valence-corrected chi connectivity index (χ2v) is 8.55. The topological polar surface area (TPSA) is 132 Å². The number of nitrogens with one attached hydrogen (secondary N) is 1. The maximum Gasteiger partial charge on any atom is 0.265 e. The van der Waals surface area contributed by atoms with Gasteiger partial charge in [0.1, 0.15) is 5.75 Å². The Labute approximate surface area is 177 Å². The summed E-state index contributed by atoms with van der Waals surface area (Å²) in [6.45, 7) is 2.84. The smallest absolute Gasteiger partial charge is 0.265 e. The highest BCUT2D eigenvalue weighted by molar-refractivity contribution is 7.92. The fourth-order valence-electron chi connectivity index (χ4n) is 3.09. The summed E-state index contributed by atoms with van der Waals surface area (Å²) in [7, 11) is -4.00. The second kappa shape index (κ2) is 7.84. The molecule has 0 bridgehead atoms. The molecule has 2 aromatic carbocycles. The Morgan fingerprint density at radius 2 is 2.03 bits per heavy atom. The summed E-state index contributed by atoms with van der Waals surface area (Å²) in [4.78, 5) is 29.4. The van der Waals surface area contributed by atoms with E-state index < -0.39 is 10.0 Å². The van der Waals surface area contributed by atoms with Crippen LogP contribution in [0.1, 0.15) is 29.0 Å². The van der Waals surface area contributed by atoms with Crippen molar-refractivity contribution in [3.8, 4) is 5.75 Å². The third-order valence-electron chi connectivity index (χ3n) is 4.57. The molecule has 0 radical (unpaired) electrons. The Morgan fingerprint density at radius 3 is 2.74 bits per heavy atom. The fourth-order valence-corrected chi connectivity index (χ4v) is 4.15. The number of hydrogen-bond donors (Lipinski definition) is 1. The number of carbonyl (C=O) groups excluding carboxylic acids is 2. The van der Waals surface area contributed by atoms with E-state index in [0.717, 1.165) is 0 Å². The lowest BCUT2D eigenvalue weighted by atomic mass is 10.1. The molecule has 1 amide bonds. The highest BCUT2D eigenvalue weighted by atomic mass is 32.2. The number of nitrogens with zero attached hydrogens (tertiary/aromatic N) is 3. The number of amides is 1. The number of aryl methyl sites for hydroxylation is 1. The fraction of sp³-hybridized carbons (Fsp3) is 0.200. The molecule has 1 aliphatic heterocycles. The number of benzene rings is 2. The summed E-state index contributed by atoms with van der Waals surface area (Å²) in [5, 5.41) is 3.79. The van der Waals surface area contributed by atoms with Gasteiger partial charge >= 0.3 is 0 Å². The molecule has 0 spiro atoms. The van der Waals surface area contributed by atoms with E-state index in [2.05, 4.69) is 14.9 Å². The van der Waals surface area contributed by atoms with Crippen molar-refractivity contribution < 1.29 is 27.3 Å². The number of Topliss-reactive ketones (excluding diaryl/α,β-unsaturated/α-hetero) is 1. The predicted molar refractivity (Wildman–Crippen MR) is 109 cm³/mol. The number of carbonyl (C=O) groups is 2. The molecule has 0 saturated heterocycles. The Hall–Kier alpha value is -3.73. The van der Waals surface area contributed by atoms with Crippen LogP contribution in [-0.4, -0.2) is 36.9 Å². The summed E-state index contributed by atoms with van der Waals surface area (Å²) in [6, 6.07) is 10.4. The number of ether oxygens (including phenoxy) is 1. The quantitative estimate of drug-likeness (QED) is 0.575. The lowest BCUT2D eigenvalue weighted by Crippen LogP contribution is -2.38. The largest absolute Gasteiger partial charge is 0.482 e. The number of fused-ring (bicyclic) bond motifs is 1. The average Bonchev–Trinajstić information content (AvgIpc) is 3.14. The zero-order chi connectivity index (χ0) is 22.2. The molecule has 0 unspecified atom stereocenters. The van der Waals surface area contributed by atoms with E-state index in [-0.39, 0.29) is 46.9 Å². The summed E-state index contributed by atoms with van der Waals surface area (Å²) in [5.74, 6) is 0.442. The second-order valence-electron chi connectivity index (χ2n) is 6.87. The van der Waals surface area contributed by atoms with Gasteiger partial charge in [-0.1, -0.05) is 17.3 Å². The molecule has 3 aromatic rings. The summed E-state index contributed by atoms with van der Waals surface area (Å²) >= 11 is 0. The molecule has 4 rings (SSSR count). The molecule has 1 N–H and O–H groups in total. The number of sulfonamides is 1. The van der Waals surface area contributed by atoms with Crippen LogP contribution in [0, 0.1) is 6.92 Å². The molecule has 10 nitrogen and oxygen atoms in total. The number of aromatic nitrogens is 2. The van der Waals surface area contributed by atoms with Crippen molar-refractivity contribution in [3.05, 3.63) is 59.7 Å². The molecular formula is C20H18N4O6S. The minimum atomic E-state index is -4.00. The van der Waals surface area contributed by atoms with Gasteiger partial charge in [-0.25, -0.2) is 8.42 Å². The van der Waals surface area contributed by atoms with Gasteiger partial charge in [0.15, 0.2) is 18.2 Å². The first kappa shape index (κ1) is 20.5. The van der Waals surface area contributed by atoms with Gasteiger partial charge in [-0.3, -0.25) is 19.2 Å². The van der Waals surface area contributed by atoms with Gasteiger partial charge in [0.2, 0.25) is 5.89 Å². The highest BCUT2D eigenvalue weighted by Gasteiger charge is 2.29. The molecule has 0 atom stereocenters. The van der Waals surface area contributed by atoms with Crippen LogP contribution in [-0.2, 0) is 21.4 Å². The molecule has 0 fully saturated rings. The van der Waals surface area contributed by atoms with E-state index in [4.69, 9.17) is 9.26 Å². The molecule has 0 aliphatic carbocycles. The van der Waals surface area contributed by atoms with Crippen LogP contribution >= 0.6 is 0 Å². The first-order valence-corrected chi connectivity index (χ1v) is 10.7. The Balaban J connectivity index is 1.66. The standard InChI is InChI=1S/C20H18N4O6S/c1-12(25)14-4-3-5-15(8-14)23-31(27,28)16-6-7-18-17(9-16)24(20(26)11-29-18)10-19-21-13(2)30-22-19/h3-9,23H,10-11H2,1-2H3. The lowest BCUT2D eigenvalue weighted by molar-refractivity contribution is -0.121. The normalized spacial score (nSPS) is 13.5. The first-order valence-electron chi connectivity index (χ1n) is 9.23. The molecule has 2 heterocycles. The van der Waals surface area contributed by atoms with E-state index in [1.807, 2.05) is 0 Å². The van der Waals surface area contributed by atoms with Crippen molar-refractivity contribution in [2.24, 2.45) is 0 Å². The molecule has 160 valence electrons. The lowest BCUT2D eigenvalue weighted by Gasteiger charge is -2.28. The van der Waals surface area contributed by atoms with Gasteiger partial charge in [-0.2, -0.15) is 4.98 Å². The Bertz CT molecular complexity index is 1280. The Morgan fingerprint density at radius 1 is 1.23 bits per heavy atom. The molecule has 0 saturated carbocycles. The third-order valence-corrected chi connectivity index (χ3v) is 5.95. The van der Waals surface area contributed by atoms with Crippen molar-refractivity contribution in [2.45, 2.75) is 25.3 Å². The van der Waals surface area contributed by atoms with E-state index in [1.165, 1.54) is 36.1 Å². The van der Waals surface area contributed by atoms with Crippen LogP contribution in [0.25, 0.3) is 0 Å². The van der Waals surface area contributed by atoms with Gasteiger partial charge in [-0.15, -0.1) is 0 Å². The monoisotopic (exact) mass is 442 g/mol. The van der Waals surface area contributed by atoms with Crippen molar-refractivity contribution in [1.29, 1.82) is 0 Å². The third kappa shape index (κ3) is 4.26. The van der Waals surface area contributed by atoms with E-state index >= 15 is 0 Å². The average molecular weight is 442 g/mol. The zero-order valence-electron chi connectivity index (χ0n) is 16.7. The molecule has 1 aromatic heterocycles. The van der Waals surface area contributed by atoms with Gasteiger partial charge in [0.05, 0.1) is 17.1 Å². The number of hydrogen-bond acceptors (Lipinski definition) is 8. The van der Waals surface area contributed by atoms with E-state index in [1.54, 1.807) is 25.1 Å². The van der Waals surface area contributed by atoms with Gasteiger partial charge in [-0.05, 0) is 37.3 Å². The maximum atomic E-state index is 12.9. The summed E-state index contributed by atoms with van der Waals surface area (Å²) in [5.41, 5.74) is 0.905. The highest BCUT2D eigenvalue weighted by Crippen LogP contribution is 2.35. The SMILES string of the molecule is CC(=O)c1cccc(NS(=O)(=O)c2ccc3c(c2)N(Cc2noc(C)n2)C(=O)CO3)c1. The number of ketones is 1. The van der Waals surface area contributed by atoms with E-state index in [0.29, 0.717) is 17.2 Å². The van der Waals surface area contributed by atoms with Crippen molar-refractivity contribution in [3.63, 3.8) is 0 Å². The van der Waals surface area contributed by atoms with Crippen molar-refractivity contribution in [1.82, 2.24) is 10.1 Å². The van der Waals surface area contributed by atoms with Gasteiger partial charge < -0.3 is 9.26 Å². The van der Waals surface area contributed by atoms with Gasteiger partial charge in [0, 0.05) is 18.2 Å². The Kier molecular flexibility index (Phi) is 5.19. The minimum absolute atomic E-state index is 0.00409. The summed E-state index contributed by atoms with van der Waals surface area (Å²) in [6.07, 6.45) is 0. The minimum Gasteiger partial charge on any atom is -0.482 e. The molecule has 1 aliphatic rings. The molecular weight excluding hydrogens is 424 g/mol. The predicted octanol–water partition coefficient (Wildman–Crippen LogP) is 2.31. The number of rotatable bonds is 6. The van der Waals surface area contributed by atoms with E-state index in [9.17, 15) is 18.0 Å². The van der Waals surface area contributed by atoms with Crippen LogP contribution < -0.4 is 14.4 Å². The zero-order valence-corrected chi connectivity index (χ0v) is 17.5. The van der Waals surface area contributed by atoms with Crippen LogP contribution in [0.2, 0.25) is 0 Å². The molecule has 31 heavy (non-hydrogen) atoms. The van der Waals surface area contributed by atoms with Gasteiger partial charge in [0.25, 0.3) is 15.9 Å².